The maximum Gasteiger partial charge on any atom is 0.141 e. The van der Waals surface area contributed by atoms with E-state index in [4.69, 9.17) is 9.47 Å². The van der Waals surface area contributed by atoms with Gasteiger partial charge >= 0.3 is 0 Å². The zero-order valence-corrected chi connectivity index (χ0v) is 13.1. The second kappa shape index (κ2) is 6.85. The second-order valence-electron chi connectivity index (χ2n) is 5.97. The van der Waals surface area contributed by atoms with Gasteiger partial charge < -0.3 is 9.47 Å². The van der Waals surface area contributed by atoms with Gasteiger partial charge in [0.1, 0.15) is 12.2 Å². The van der Waals surface area contributed by atoms with Gasteiger partial charge in [-0.05, 0) is 19.8 Å². The number of hydrogen-bond donors (Lipinski definition) is 0. The highest BCUT2D eigenvalue weighted by atomic mass is 16.5. The van der Waals surface area contributed by atoms with E-state index >= 15 is 0 Å². The van der Waals surface area contributed by atoms with Crippen molar-refractivity contribution in [1.29, 1.82) is 0 Å². The summed E-state index contributed by atoms with van der Waals surface area (Å²) in [4.78, 5) is 6.94. The van der Waals surface area contributed by atoms with Gasteiger partial charge in [0.25, 0.3) is 0 Å². The molecule has 0 aromatic carbocycles. The predicted octanol–water partition coefficient (Wildman–Crippen LogP) is 1.31. The van der Waals surface area contributed by atoms with E-state index in [9.17, 15) is 0 Å². The van der Waals surface area contributed by atoms with Crippen molar-refractivity contribution in [1.82, 2.24) is 19.7 Å². The number of hydrogen-bond acceptors (Lipinski definition) is 5. The second-order valence-corrected chi connectivity index (χ2v) is 5.97. The predicted molar refractivity (Wildman–Crippen MR) is 78.9 cm³/mol. The van der Waals surface area contributed by atoms with Crippen LogP contribution < -0.4 is 0 Å². The van der Waals surface area contributed by atoms with E-state index in [1.807, 2.05) is 11.8 Å². The summed E-state index contributed by atoms with van der Waals surface area (Å²) in [5.41, 5.74) is 0. The Kier molecular flexibility index (Phi) is 4.87. The molecule has 0 amide bonds. The monoisotopic (exact) mass is 294 g/mol. The van der Waals surface area contributed by atoms with Gasteiger partial charge in [-0.15, -0.1) is 0 Å². The zero-order chi connectivity index (χ0) is 14.7. The molecule has 2 fully saturated rings. The van der Waals surface area contributed by atoms with Crippen LogP contribution in [0, 0.1) is 5.92 Å². The average Bonchev–Trinajstić information content (AvgIpc) is 3.16. The number of nitrogens with zero attached hydrogens (tertiary/aromatic N) is 4. The van der Waals surface area contributed by atoms with Crippen LogP contribution >= 0.6 is 0 Å². The van der Waals surface area contributed by atoms with Crippen molar-refractivity contribution < 1.29 is 9.47 Å². The van der Waals surface area contributed by atoms with Gasteiger partial charge in [0.05, 0.1) is 25.9 Å². The molecule has 21 heavy (non-hydrogen) atoms. The van der Waals surface area contributed by atoms with E-state index in [0.717, 1.165) is 38.7 Å². The van der Waals surface area contributed by atoms with Gasteiger partial charge in [0.2, 0.25) is 0 Å². The van der Waals surface area contributed by atoms with E-state index in [1.165, 1.54) is 19.3 Å². The fourth-order valence-corrected chi connectivity index (χ4v) is 3.79. The molecule has 1 aromatic rings. The van der Waals surface area contributed by atoms with Crippen molar-refractivity contribution in [3.05, 3.63) is 12.2 Å². The van der Waals surface area contributed by atoms with E-state index in [0.29, 0.717) is 18.1 Å². The van der Waals surface area contributed by atoms with E-state index in [2.05, 4.69) is 21.9 Å². The maximum absolute atomic E-state index is 5.75. The van der Waals surface area contributed by atoms with Gasteiger partial charge in [0.15, 0.2) is 0 Å². The number of rotatable bonds is 5. The molecule has 1 saturated heterocycles. The van der Waals surface area contributed by atoms with Crippen LogP contribution in [-0.2, 0) is 22.6 Å². The molecule has 1 saturated carbocycles. The fraction of sp³-hybridized carbons (Fsp3) is 0.867. The van der Waals surface area contributed by atoms with Gasteiger partial charge in [0, 0.05) is 32.2 Å². The fourth-order valence-electron chi connectivity index (χ4n) is 3.79. The third-order valence-corrected chi connectivity index (χ3v) is 4.92. The molecule has 6 nitrogen and oxygen atoms in total. The topological polar surface area (TPSA) is 52.4 Å². The highest BCUT2D eigenvalue weighted by molar-refractivity contribution is 4.93. The molecule has 0 radical (unpaired) electrons. The first-order valence-corrected chi connectivity index (χ1v) is 8.04. The number of methoxy groups -OCH3 is 1. The largest absolute Gasteiger partial charge is 0.381 e. The van der Waals surface area contributed by atoms with Gasteiger partial charge in [-0.1, -0.05) is 6.42 Å². The van der Waals surface area contributed by atoms with Crippen LogP contribution in [0.5, 0.6) is 0 Å². The van der Waals surface area contributed by atoms with E-state index in [1.54, 1.807) is 6.33 Å². The minimum absolute atomic E-state index is 0.378. The quantitative estimate of drug-likeness (QED) is 0.819. The number of aromatic nitrogens is 3. The van der Waals surface area contributed by atoms with Crippen LogP contribution in [-0.4, -0.2) is 58.7 Å². The molecular weight excluding hydrogens is 268 g/mol. The molecule has 1 aromatic heterocycles. The van der Waals surface area contributed by atoms with Crippen LogP contribution in [0.25, 0.3) is 0 Å². The van der Waals surface area contributed by atoms with Crippen molar-refractivity contribution >= 4 is 0 Å². The summed E-state index contributed by atoms with van der Waals surface area (Å²) in [7, 11) is 1.84. The average molecular weight is 294 g/mol. The number of morpholine rings is 1. The lowest BCUT2D eigenvalue weighted by atomic mass is 9.94. The Balaban J connectivity index is 1.72. The third-order valence-electron chi connectivity index (χ3n) is 4.92. The van der Waals surface area contributed by atoms with Crippen molar-refractivity contribution in [2.45, 2.75) is 51.4 Å². The first-order valence-electron chi connectivity index (χ1n) is 8.04. The maximum atomic E-state index is 5.75. The summed E-state index contributed by atoms with van der Waals surface area (Å²) >= 11 is 0. The minimum Gasteiger partial charge on any atom is -0.381 e. The Morgan fingerprint density at radius 3 is 3.14 bits per heavy atom. The Labute approximate surface area is 126 Å². The molecule has 3 rings (SSSR count). The molecule has 0 N–H and O–H groups in total. The molecule has 3 atom stereocenters. The van der Waals surface area contributed by atoms with E-state index < -0.39 is 0 Å². The van der Waals surface area contributed by atoms with Crippen molar-refractivity contribution in [3.8, 4) is 0 Å². The van der Waals surface area contributed by atoms with Crippen LogP contribution in [0.3, 0.4) is 0 Å². The number of aryl methyl sites for hydroxylation is 1. The molecule has 118 valence electrons. The van der Waals surface area contributed by atoms with Crippen LogP contribution in [0.4, 0.5) is 0 Å². The van der Waals surface area contributed by atoms with Crippen LogP contribution in [0.2, 0.25) is 0 Å². The smallest absolute Gasteiger partial charge is 0.141 e. The lowest BCUT2D eigenvalue weighted by Gasteiger charge is -2.40. The van der Waals surface area contributed by atoms with Gasteiger partial charge in [-0.3, -0.25) is 4.90 Å². The molecule has 0 spiro atoms. The lowest BCUT2D eigenvalue weighted by molar-refractivity contribution is -0.0619. The van der Waals surface area contributed by atoms with Crippen LogP contribution in [0.1, 0.15) is 32.0 Å². The summed E-state index contributed by atoms with van der Waals surface area (Å²) in [6.07, 6.45) is 5.71. The van der Waals surface area contributed by atoms with Gasteiger partial charge in [-0.2, -0.15) is 5.10 Å². The highest BCUT2D eigenvalue weighted by Crippen LogP contribution is 2.34. The molecular formula is C15H26N4O2. The van der Waals surface area contributed by atoms with Crippen molar-refractivity contribution in [2.24, 2.45) is 5.92 Å². The summed E-state index contributed by atoms with van der Waals surface area (Å²) in [5, 5.41) is 4.28. The standard InChI is InChI=1S/C15H26N4O2/c1-3-19-15(16-11-17-19)9-18-7-8-21-10-13(18)12-5-4-6-14(12)20-2/h11-14H,3-10H2,1-2H3/t12-,13-,14-/m1/s1. The number of ether oxygens (including phenoxy) is 2. The summed E-state index contributed by atoms with van der Waals surface area (Å²) in [5.74, 6) is 1.63. The Bertz CT molecular complexity index is 451. The molecule has 2 aliphatic rings. The molecule has 2 heterocycles. The van der Waals surface area contributed by atoms with Crippen molar-refractivity contribution in [3.63, 3.8) is 0 Å². The lowest BCUT2D eigenvalue weighted by Crippen LogP contribution is -2.51. The third kappa shape index (κ3) is 3.12. The van der Waals surface area contributed by atoms with Gasteiger partial charge in [-0.25, -0.2) is 9.67 Å². The van der Waals surface area contributed by atoms with Crippen molar-refractivity contribution in [2.75, 3.05) is 26.9 Å². The normalized spacial score (nSPS) is 30.9. The first kappa shape index (κ1) is 14.9. The summed E-state index contributed by atoms with van der Waals surface area (Å²) < 4.78 is 13.4. The Morgan fingerprint density at radius 1 is 1.43 bits per heavy atom. The molecule has 0 unspecified atom stereocenters. The molecule has 1 aliphatic heterocycles. The first-order chi connectivity index (χ1) is 10.3. The molecule has 6 heteroatoms. The highest BCUT2D eigenvalue weighted by Gasteiger charge is 2.38. The summed E-state index contributed by atoms with van der Waals surface area (Å²) in [6, 6.07) is 0.438. The summed E-state index contributed by atoms with van der Waals surface area (Å²) in [6.45, 7) is 6.41. The molecule has 0 bridgehead atoms. The minimum atomic E-state index is 0.378. The SMILES string of the molecule is CCn1ncnc1CN1CCOC[C@@H]1[C@H]1CCC[C@H]1OC. The Hall–Kier alpha value is -0.980. The molecule has 1 aliphatic carbocycles. The van der Waals surface area contributed by atoms with E-state index in [-0.39, 0.29) is 0 Å². The van der Waals surface area contributed by atoms with Crippen LogP contribution in [0.15, 0.2) is 6.33 Å². The Morgan fingerprint density at radius 2 is 2.33 bits per heavy atom. The zero-order valence-electron chi connectivity index (χ0n) is 13.1.